The van der Waals surface area contributed by atoms with Crippen molar-refractivity contribution in [3.05, 3.63) is 52.6 Å². The second-order valence-electron chi connectivity index (χ2n) is 4.39. The summed E-state index contributed by atoms with van der Waals surface area (Å²) in [5.41, 5.74) is 2.15. The molecular formula is C13H13N5O2. The molecule has 102 valence electrons. The first kappa shape index (κ1) is 12.5. The molecule has 3 heterocycles. The summed E-state index contributed by atoms with van der Waals surface area (Å²) in [6, 6.07) is 3.58. The van der Waals surface area contributed by atoms with Crippen LogP contribution < -0.4 is 5.56 Å². The third kappa shape index (κ3) is 2.30. The van der Waals surface area contributed by atoms with Gasteiger partial charge in [-0.2, -0.15) is 5.10 Å². The van der Waals surface area contributed by atoms with Crippen molar-refractivity contribution < 1.29 is 4.74 Å². The van der Waals surface area contributed by atoms with Crippen LogP contribution in [0.25, 0.3) is 10.9 Å². The van der Waals surface area contributed by atoms with Crippen LogP contribution in [0.4, 0.5) is 0 Å². The van der Waals surface area contributed by atoms with E-state index in [1.807, 2.05) is 6.07 Å². The van der Waals surface area contributed by atoms with Gasteiger partial charge >= 0.3 is 0 Å². The molecular weight excluding hydrogens is 258 g/mol. The number of aromatic amines is 1. The van der Waals surface area contributed by atoms with Gasteiger partial charge < -0.3 is 4.74 Å². The van der Waals surface area contributed by atoms with E-state index in [2.05, 4.69) is 20.2 Å². The van der Waals surface area contributed by atoms with E-state index in [1.54, 1.807) is 19.4 Å². The number of methoxy groups -OCH3 is 1. The third-order valence-corrected chi connectivity index (χ3v) is 2.94. The molecule has 3 aromatic rings. The van der Waals surface area contributed by atoms with Crippen molar-refractivity contribution in [1.29, 1.82) is 0 Å². The molecule has 0 aliphatic carbocycles. The van der Waals surface area contributed by atoms with Crippen LogP contribution in [-0.4, -0.2) is 31.8 Å². The Balaban J connectivity index is 1.94. The van der Waals surface area contributed by atoms with Gasteiger partial charge in [-0.15, -0.1) is 0 Å². The quantitative estimate of drug-likeness (QED) is 0.755. The van der Waals surface area contributed by atoms with Crippen LogP contribution in [0.2, 0.25) is 0 Å². The zero-order chi connectivity index (χ0) is 13.9. The molecule has 0 aliphatic rings. The van der Waals surface area contributed by atoms with E-state index in [1.165, 1.54) is 17.1 Å². The lowest BCUT2D eigenvalue weighted by Crippen LogP contribution is -2.21. The molecule has 20 heavy (non-hydrogen) atoms. The number of rotatable bonds is 4. The van der Waals surface area contributed by atoms with Gasteiger partial charge in [0.2, 0.25) is 0 Å². The predicted molar refractivity (Wildman–Crippen MR) is 72.2 cm³/mol. The Morgan fingerprint density at radius 1 is 1.45 bits per heavy atom. The van der Waals surface area contributed by atoms with Gasteiger partial charge in [-0.25, -0.2) is 4.98 Å². The van der Waals surface area contributed by atoms with Crippen LogP contribution in [0.5, 0.6) is 0 Å². The third-order valence-electron chi connectivity index (χ3n) is 2.94. The van der Waals surface area contributed by atoms with Crippen LogP contribution in [0, 0.1) is 0 Å². The summed E-state index contributed by atoms with van der Waals surface area (Å²) in [7, 11) is 1.61. The molecule has 0 saturated carbocycles. The molecule has 0 unspecified atom stereocenters. The molecule has 0 aliphatic heterocycles. The lowest BCUT2D eigenvalue weighted by molar-refractivity contribution is 0.181. The first-order chi connectivity index (χ1) is 9.78. The highest BCUT2D eigenvalue weighted by atomic mass is 16.5. The Morgan fingerprint density at radius 2 is 2.35 bits per heavy atom. The summed E-state index contributed by atoms with van der Waals surface area (Å²) >= 11 is 0. The van der Waals surface area contributed by atoms with E-state index >= 15 is 0 Å². The maximum absolute atomic E-state index is 12.3. The molecule has 0 spiro atoms. The van der Waals surface area contributed by atoms with Gasteiger partial charge in [0.1, 0.15) is 0 Å². The van der Waals surface area contributed by atoms with Crippen molar-refractivity contribution in [2.45, 2.75) is 13.2 Å². The molecule has 3 rings (SSSR count). The molecule has 0 aromatic carbocycles. The van der Waals surface area contributed by atoms with E-state index in [0.29, 0.717) is 24.1 Å². The smallest absolute Gasteiger partial charge is 0.263 e. The Kier molecular flexibility index (Phi) is 3.26. The first-order valence-electron chi connectivity index (χ1n) is 6.09. The highest BCUT2D eigenvalue weighted by Crippen LogP contribution is 2.05. The number of hydrogen-bond donors (Lipinski definition) is 1. The lowest BCUT2D eigenvalue weighted by atomic mass is 10.3. The summed E-state index contributed by atoms with van der Waals surface area (Å²) in [6.45, 7) is 0.818. The van der Waals surface area contributed by atoms with Crippen molar-refractivity contribution in [3.63, 3.8) is 0 Å². The molecule has 7 heteroatoms. The monoisotopic (exact) mass is 271 g/mol. The van der Waals surface area contributed by atoms with Crippen LogP contribution in [0.1, 0.15) is 11.4 Å². The Bertz CT molecular complexity index is 793. The van der Waals surface area contributed by atoms with Crippen LogP contribution in [0.15, 0.2) is 35.6 Å². The van der Waals surface area contributed by atoms with Gasteiger partial charge in [-0.3, -0.25) is 19.4 Å². The number of H-pyrrole nitrogens is 1. The Morgan fingerprint density at radius 3 is 3.20 bits per heavy atom. The van der Waals surface area contributed by atoms with Crippen molar-refractivity contribution in [3.8, 4) is 0 Å². The van der Waals surface area contributed by atoms with E-state index < -0.39 is 0 Å². The van der Waals surface area contributed by atoms with Crippen LogP contribution in [0.3, 0.4) is 0 Å². The number of hydrogen-bond acceptors (Lipinski definition) is 5. The summed E-state index contributed by atoms with van der Waals surface area (Å²) in [5.74, 6) is 0. The number of nitrogens with one attached hydrogen (secondary N) is 1. The summed E-state index contributed by atoms with van der Waals surface area (Å²) in [6.07, 6.45) is 4.68. The molecule has 3 aromatic heterocycles. The molecule has 7 nitrogen and oxygen atoms in total. The first-order valence-corrected chi connectivity index (χ1v) is 6.09. The maximum atomic E-state index is 12.3. The summed E-state index contributed by atoms with van der Waals surface area (Å²) in [5, 5.41) is 7.48. The number of pyridine rings is 1. The molecule has 0 atom stereocenters. The fraction of sp³-hybridized carbons (Fsp3) is 0.231. The molecule has 0 saturated heterocycles. The van der Waals surface area contributed by atoms with E-state index in [0.717, 1.165) is 11.4 Å². The topological polar surface area (TPSA) is 85.7 Å². The Labute approximate surface area is 114 Å². The fourth-order valence-electron chi connectivity index (χ4n) is 2.01. The van der Waals surface area contributed by atoms with Crippen LogP contribution in [-0.2, 0) is 17.9 Å². The minimum atomic E-state index is -0.119. The van der Waals surface area contributed by atoms with Gasteiger partial charge in [0.05, 0.1) is 41.8 Å². The van der Waals surface area contributed by atoms with Gasteiger partial charge in [0.25, 0.3) is 5.56 Å². The van der Waals surface area contributed by atoms with Crippen LogP contribution >= 0.6 is 0 Å². The van der Waals surface area contributed by atoms with E-state index in [4.69, 9.17) is 4.74 Å². The molecule has 0 radical (unpaired) electrons. The molecule has 1 N–H and O–H groups in total. The van der Waals surface area contributed by atoms with Crippen molar-refractivity contribution in [2.75, 3.05) is 7.11 Å². The van der Waals surface area contributed by atoms with E-state index in [9.17, 15) is 4.79 Å². The van der Waals surface area contributed by atoms with Crippen molar-refractivity contribution in [2.24, 2.45) is 0 Å². The summed E-state index contributed by atoms with van der Waals surface area (Å²) < 4.78 is 6.52. The zero-order valence-corrected chi connectivity index (χ0v) is 10.9. The molecule has 0 amide bonds. The number of nitrogens with zero attached hydrogens (tertiary/aromatic N) is 4. The van der Waals surface area contributed by atoms with Gasteiger partial charge in [0.15, 0.2) is 0 Å². The predicted octanol–water partition coefficient (Wildman–Crippen LogP) is 0.709. The molecule has 0 fully saturated rings. The standard InChI is InChI=1S/C13H13N5O2/c1-20-7-10-4-9(16-17-10)6-18-8-15-12-2-3-14-5-11(12)13(18)19/h2-5,8H,6-7H2,1H3,(H,16,17). The second-order valence-corrected chi connectivity index (χ2v) is 4.39. The number of fused-ring (bicyclic) bond motifs is 1. The minimum absolute atomic E-state index is 0.119. The highest BCUT2D eigenvalue weighted by Gasteiger charge is 2.06. The fourth-order valence-corrected chi connectivity index (χ4v) is 2.01. The lowest BCUT2D eigenvalue weighted by Gasteiger charge is -2.04. The van der Waals surface area contributed by atoms with Crippen molar-refractivity contribution in [1.82, 2.24) is 24.7 Å². The normalized spacial score (nSPS) is 11.1. The molecule has 0 bridgehead atoms. The average Bonchev–Trinajstić information content (AvgIpc) is 2.90. The van der Waals surface area contributed by atoms with Gasteiger partial charge in [0, 0.05) is 19.5 Å². The Hall–Kier alpha value is -2.54. The highest BCUT2D eigenvalue weighted by molar-refractivity contribution is 5.75. The average molecular weight is 271 g/mol. The van der Waals surface area contributed by atoms with Gasteiger partial charge in [-0.05, 0) is 12.1 Å². The van der Waals surface area contributed by atoms with E-state index in [-0.39, 0.29) is 5.56 Å². The SMILES string of the molecule is COCc1cc(Cn2cnc3ccncc3c2=O)[nH]n1. The summed E-state index contributed by atoms with van der Waals surface area (Å²) in [4.78, 5) is 20.5. The van der Waals surface area contributed by atoms with Crippen molar-refractivity contribution >= 4 is 10.9 Å². The largest absolute Gasteiger partial charge is 0.378 e. The maximum Gasteiger partial charge on any atom is 0.263 e. The minimum Gasteiger partial charge on any atom is -0.378 e. The van der Waals surface area contributed by atoms with Gasteiger partial charge in [-0.1, -0.05) is 0 Å². The zero-order valence-electron chi connectivity index (χ0n) is 10.9. The number of ether oxygens (including phenoxy) is 1. The number of aromatic nitrogens is 5. The second kappa shape index (κ2) is 5.22.